The summed E-state index contributed by atoms with van der Waals surface area (Å²) in [7, 11) is 0. The maximum atomic E-state index is 10.1. The second-order valence-electron chi connectivity index (χ2n) is 11.7. The Hall–Kier alpha value is -2.24. The van der Waals surface area contributed by atoms with Crippen molar-refractivity contribution in [3.8, 4) is 11.5 Å². The maximum absolute atomic E-state index is 10.1. The molecule has 1 aliphatic heterocycles. The summed E-state index contributed by atoms with van der Waals surface area (Å²) in [4.78, 5) is 2.45. The Kier molecular flexibility index (Phi) is 5.47. The van der Waals surface area contributed by atoms with Crippen molar-refractivity contribution in [3.05, 3.63) is 53.6 Å². The number of nitrogens with zero attached hydrogens (tertiary/aromatic N) is 1. The molecule has 6 atom stereocenters. The van der Waals surface area contributed by atoms with E-state index in [1.54, 1.807) is 0 Å². The van der Waals surface area contributed by atoms with Crippen molar-refractivity contribution >= 4 is 5.69 Å². The first-order valence-electron chi connectivity index (χ1n) is 13.8. The van der Waals surface area contributed by atoms with Crippen LogP contribution in [0.5, 0.6) is 11.5 Å². The van der Waals surface area contributed by atoms with Gasteiger partial charge in [0.25, 0.3) is 0 Å². The molecule has 0 aromatic heterocycles. The summed E-state index contributed by atoms with van der Waals surface area (Å²) in [5.74, 6) is 4.37. The molecular formula is C30H38N2O3. The summed E-state index contributed by atoms with van der Waals surface area (Å²) in [6.07, 6.45) is 8.03. The number of rotatable bonds is 6. The Morgan fingerprint density at radius 1 is 1.03 bits per heavy atom. The van der Waals surface area contributed by atoms with Crippen LogP contribution in [0.2, 0.25) is 0 Å². The summed E-state index contributed by atoms with van der Waals surface area (Å²) < 4.78 is 12.3. The number of ether oxygens (including phenoxy) is 2. The molecule has 5 nitrogen and oxygen atoms in total. The van der Waals surface area contributed by atoms with E-state index in [0.717, 1.165) is 75.0 Å². The van der Waals surface area contributed by atoms with Gasteiger partial charge in [0.2, 0.25) is 0 Å². The van der Waals surface area contributed by atoms with E-state index in [4.69, 9.17) is 9.47 Å². The SMILES string of the molecule is Oc1ccc2c(c1)CCC1C3CCC4C[C@@]43C[C@H](Oc3ccc(NCCN4CCOCC4)cc3)[C@H]21. The summed E-state index contributed by atoms with van der Waals surface area (Å²) in [5, 5.41) is 13.7. The van der Waals surface area contributed by atoms with Crippen molar-refractivity contribution in [2.45, 2.75) is 50.5 Å². The highest BCUT2D eigenvalue weighted by atomic mass is 16.5. The van der Waals surface area contributed by atoms with Crippen molar-refractivity contribution in [2.24, 2.45) is 23.2 Å². The van der Waals surface area contributed by atoms with Gasteiger partial charge in [-0.3, -0.25) is 4.90 Å². The fourth-order valence-electron chi connectivity index (χ4n) is 8.37. The average molecular weight is 475 g/mol. The minimum Gasteiger partial charge on any atom is -0.508 e. The number of aromatic hydroxyl groups is 1. The van der Waals surface area contributed by atoms with Crippen LogP contribution in [0.25, 0.3) is 0 Å². The van der Waals surface area contributed by atoms with E-state index in [9.17, 15) is 5.11 Å². The first kappa shape index (κ1) is 22.0. The zero-order valence-electron chi connectivity index (χ0n) is 20.6. The average Bonchev–Trinajstić information content (AvgIpc) is 3.45. The number of hydrogen-bond acceptors (Lipinski definition) is 5. The molecule has 2 aromatic rings. The van der Waals surface area contributed by atoms with Crippen LogP contribution < -0.4 is 10.1 Å². The third-order valence-corrected chi connectivity index (χ3v) is 10.0. The lowest BCUT2D eigenvalue weighted by molar-refractivity contribution is 0.00359. The lowest BCUT2D eigenvalue weighted by atomic mass is 9.57. The van der Waals surface area contributed by atoms with Crippen molar-refractivity contribution in [3.63, 3.8) is 0 Å². The lowest BCUT2D eigenvalue weighted by Gasteiger charge is -2.49. The van der Waals surface area contributed by atoms with E-state index in [1.807, 2.05) is 12.1 Å². The van der Waals surface area contributed by atoms with Crippen molar-refractivity contribution in [1.82, 2.24) is 4.90 Å². The van der Waals surface area contributed by atoms with Crippen LogP contribution in [0.3, 0.4) is 0 Å². The zero-order valence-corrected chi connectivity index (χ0v) is 20.6. The highest BCUT2D eigenvalue weighted by molar-refractivity contribution is 5.47. The molecule has 1 spiro atoms. The molecule has 7 rings (SSSR count). The minimum atomic E-state index is 0.225. The van der Waals surface area contributed by atoms with Crippen LogP contribution in [0.4, 0.5) is 5.69 Å². The smallest absolute Gasteiger partial charge is 0.119 e. The fourth-order valence-corrected chi connectivity index (χ4v) is 8.37. The van der Waals surface area contributed by atoms with Gasteiger partial charge in [-0.15, -0.1) is 0 Å². The van der Waals surface area contributed by atoms with Gasteiger partial charge in [0.1, 0.15) is 17.6 Å². The normalized spacial score (nSPS) is 35.4. The number of benzene rings is 2. The third kappa shape index (κ3) is 3.92. The van der Waals surface area contributed by atoms with E-state index in [2.05, 4.69) is 40.5 Å². The molecule has 4 fully saturated rings. The van der Waals surface area contributed by atoms with Crippen LogP contribution in [0.15, 0.2) is 42.5 Å². The van der Waals surface area contributed by atoms with E-state index in [-0.39, 0.29) is 6.10 Å². The highest BCUT2D eigenvalue weighted by Gasteiger charge is 2.68. The molecule has 5 aliphatic rings. The van der Waals surface area contributed by atoms with Gasteiger partial charge in [-0.25, -0.2) is 0 Å². The van der Waals surface area contributed by atoms with E-state index >= 15 is 0 Å². The number of aryl methyl sites for hydroxylation is 1. The van der Waals surface area contributed by atoms with Gasteiger partial charge in [0, 0.05) is 37.8 Å². The molecule has 35 heavy (non-hydrogen) atoms. The first-order valence-corrected chi connectivity index (χ1v) is 13.8. The van der Waals surface area contributed by atoms with Gasteiger partial charge in [-0.1, -0.05) is 6.07 Å². The Balaban J connectivity index is 1.07. The van der Waals surface area contributed by atoms with E-state index in [1.165, 1.54) is 43.2 Å². The molecule has 2 N–H and O–H groups in total. The Morgan fingerprint density at radius 3 is 2.71 bits per heavy atom. The van der Waals surface area contributed by atoms with Gasteiger partial charge < -0.3 is 19.9 Å². The number of fused-ring (bicyclic) bond motifs is 4. The van der Waals surface area contributed by atoms with Crippen LogP contribution in [-0.4, -0.2) is 55.5 Å². The largest absolute Gasteiger partial charge is 0.508 e. The van der Waals surface area contributed by atoms with Gasteiger partial charge in [0.15, 0.2) is 0 Å². The molecule has 1 heterocycles. The molecular weight excluding hydrogens is 436 g/mol. The Labute approximate surface area is 208 Å². The molecule has 3 saturated carbocycles. The quantitative estimate of drug-likeness (QED) is 0.614. The molecule has 4 aliphatic carbocycles. The molecule has 5 heteroatoms. The predicted molar refractivity (Wildman–Crippen MR) is 137 cm³/mol. The maximum Gasteiger partial charge on any atom is 0.119 e. The molecule has 1 saturated heterocycles. The standard InChI is InChI=1S/C30H38N2O3/c33-23-5-9-25-20(17-23)1-8-26-27-10-2-21-18-30(21,27)19-28(29(25)26)35-24-6-3-22(4-7-24)31-11-12-32-13-15-34-16-14-32/h3-7,9,17,21,26-29,31,33H,1-2,8,10-16,18-19H2/t21?,26?,27?,28-,29+,30+/m0/s1. The fraction of sp³-hybridized carbons (Fsp3) is 0.600. The molecule has 0 amide bonds. The second kappa shape index (κ2) is 8.70. The summed E-state index contributed by atoms with van der Waals surface area (Å²) in [5.41, 5.74) is 4.48. The van der Waals surface area contributed by atoms with Gasteiger partial charge in [-0.2, -0.15) is 0 Å². The summed E-state index contributed by atoms with van der Waals surface area (Å²) in [6.45, 7) is 5.76. The number of phenols is 1. The predicted octanol–water partition coefficient (Wildman–Crippen LogP) is 5.05. The van der Waals surface area contributed by atoms with Crippen molar-refractivity contribution in [1.29, 1.82) is 0 Å². The Bertz CT molecular complexity index is 1070. The first-order chi connectivity index (χ1) is 17.2. The van der Waals surface area contributed by atoms with Gasteiger partial charge in [-0.05, 0) is 109 Å². The van der Waals surface area contributed by atoms with Gasteiger partial charge in [0.05, 0.1) is 13.2 Å². The molecule has 0 bridgehead atoms. The molecule has 0 radical (unpaired) electrons. The highest BCUT2D eigenvalue weighted by Crippen LogP contribution is 2.75. The van der Waals surface area contributed by atoms with Gasteiger partial charge >= 0.3 is 0 Å². The molecule has 2 aromatic carbocycles. The minimum absolute atomic E-state index is 0.225. The van der Waals surface area contributed by atoms with Crippen molar-refractivity contribution < 1.29 is 14.6 Å². The summed E-state index contributed by atoms with van der Waals surface area (Å²) in [6, 6.07) is 14.7. The van der Waals surface area contributed by atoms with E-state index < -0.39 is 0 Å². The number of phenolic OH excluding ortho intramolecular Hbond substituents is 1. The molecule has 186 valence electrons. The Morgan fingerprint density at radius 2 is 1.89 bits per heavy atom. The molecule has 3 unspecified atom stereocenters. The van der Waals surface area contributed by atoms with Crippen molar-refractivity contribution in [2.75, 3.05) is 44.7 Å². The lowest BCUT2D eigenvalue weighted by Crippen LogP contribution is -2.46. The zero-order chi connectivity index (χ0) is 23.4. The van der Waals surface area contributed by atoms with E-state index in [0.29, 0.717) is 17.1 Å². The van der Waals surface area contributed by atoms with Crippen LogP contribution in [-0.2, 0) is 11.2 Å². The van der Waals surface area contributed by atoms with Crippen LogP contribution >= 0.6 is 0 Å². The summed E-state index contributed by atoms with van der Waals surface area (Å²) >= 11 is 0. The van der Waals surface area contributed by atoms with Crippen LogP contribution in [0.1, 0.15) is 49.1 Å². The number of hydrogen-bond donors (Lipinski definition) is 2. The second-order valence-corrected chi connectivity index (χ2v) is 11.7. The monoisotopic (exact) mass is 474 g/mol. The number of nitrogens with one attached hydrogen (secondary N) is 1. The topological polar surface area (TPSA) is 54.0 Å². The third-order valence-electron chi connectivity index (χ3n) is 10.0. The van der Waals surface area contributed by atoms with Crippen LogP contribution in [0, 0.1) is 23.2 Å². The number of anilines is 1. The number of morpholine rings is 1.